The number of carbonyl (C=O) groups excluding carboxylic acids is 1. The number of hydrogen-bond donors (Lipinski definition) is 2. The summed E-state index contributed by atoms with van der Waals surface area (Å²) in [6.07, 6.45) is 2.39. The van der Waals surface area contributed by atoms with Crippen LogP contribution in [0, 0.1) is 17.1 Å². The van der Waals surface area contributed by atoms with Gasteiger partial charge in [-0.25, -0.2) is 9.18 Å². The number of nitriles is 1. The summed E-state index contributed by atoms with van der Waals surface area (Å²) >= 11 is 5.81. The molecule has 0 aliphatic rings. The Balaban J connectivity index is 1.94. The van der Waals surface area contributed by atoms with Crippen LogP contribution in [0.25, 0.3) is 10.8 Å². The molecule has 154 valence electrons. The van der Waals surface area contributed by atoms with Crippen molar-refractivity contribution in [2.45, 2.75) is 25.8 Å². The molecule has 0 unspecified atom stereocenters. The van der Waals surface area contributed by atoms with Crippen molar-refractivity contribution in [3.63, 3.8) is 0 Å². The van der Waals surface area contributed by atoms with Gasteiger partial charge in [-0.1, -0.05) is 29.8 Å². The van der Waals surface area contributed by atoms with Crippen LogP contribution in [0.15, 0.2) is 53.5 Å². The molecule has 3 rings (SSSR count). The Morgan fingerprint density at radius 2 is 2.03 bits per heavy atom. The van der Waals surface area contributed by atoms with Gasteiger partial charge in [0.25, 0.3) is 5.56 Å². The van der Waals surface area contributed by atoms with Crippen molar-refractivity contribution in [2.75, 3.05) is 11.9 Å². The van der Waals surface area contributed by atoms with E-state index in [2.05, 4.69) is 16.4 Å². The van der Waals surface area contributed by atoms with Crippen LogP contribution < -0.4 is 10.9 Å². The molecule has 0 radical (unpaired) electrons. The number of unbranched alkanes of at least 4 members (excludes halogenated alkanes) is 1. The maximum Gasteiger partial charge on any atom is 0.322 e. The minimum absolute atomic E-state index is 0.0940. The largest absolute Gasteiger partial charge is 0.328 e. The monoisotopic (exact) mass is 426 g/mol. The van der Waals surface area contributed by atoms with Crippen LogP contribution in [0.4, 0.5) is 14.9 Å². The molecule has 6 nitrogen and oxygen atoms in total. The summed E-state index contributed by atoms with van der Waals surface area (Å²) in [4.78, 5) is 29.5. The Kier molecular flexibility index (Phi) is 6.70. The first kappa shape index (κ1) is 21.3. The molecule has 2 N–H and O–H groups in total. The maximum absolute atomic E-state index is 13.4. The van der Waals surface area contributed by atoms with Gasteiger partial charge in [-0.15, -0.1) is 0 Å². The Bertz CT molecular complexity index is 1170. The van der Waals surface area contributed by atoms with Crippen LogP contribution in [-0.4, -0.2) is 22.5 Å². The SMILES string of the molecule is C[C@H](c1c[nH]c(=O)c2ccccc12)N(CCCC#N)C(=O)Nc1ccc(F)c(Cl)c1. The number of hydrogen-bond acceptors (Lipinski definition) is 3. The van der Waals surface area contributed by atoms with E-state index in [1.807, 2.05) is 19.1 Å². The standard InChI is InChI=1S/C22H20ClFN4O2/c1-14(18-13-26-21(29)17-7-3-2-6-16(17)18)28(11-5-4-10-25)22(30)27-15-8-9-20(24)19(23)12-15/h2-3,6-9,12-14H,4-5,11H2,1H3,(H,26,29)(H,27,30)/t14-/m1/s1. The Morgan fingerprint density at radius 1 is 1.30 bits per heavy atom. The molecule has 0 aliphatic carbocycles. The Morgan fingerprint density at radius 3 is 2.73 bits per heavy atom. The zero-order chi connectivity index (χ0) is 21.7. The number of aromatic amines is 1. The van der Waals surface area contributed by atoms with E-state index >= 15 is 0 Å². The molecule has 0 saturated heterocycles. The average molecular weight is 427 g/mol. The van der Waals surface area contributed by atoms with Crippen molar-refractivity contribution in [2.24, 2.45) is 0 Å². The Labute approximate surface area is 177 Å². The number of urea groups is 1. The van der Waals surface area contributed by atoms with E-state index in [4.69, 9.17) is 16.9 Å². The third-order valence-electron chi connectivity index (χ3n) is 4.88. The topological polar surface area (TPSA) is 89.0 Å². The lowest BCUT2D eigenvalue weighted by Crippen LogP contribution is -2.38. The molecule has 2 aromatic carbocycles. The molecule has 1 aromatic heterocycles. The average Bonchev–Trinajstić information content (AvgIpc) is 2.74. The summed E-state index contributed by atoms with van der Waals surface area (Å²) in [5, 5.41) is 12.8. The zero-order valence-corrected chi connectivity index (χ0v) is 17.0. The number of H-pyrrole nitrogens is 1. The number of pyridine rings is 1. The highest BCUT2D eigenvalue weighted by molar-refractivity contribution is 6.31. The molecule has 0 spiro atoms. The van der Waals surface area contributed by atoms with Gasteiger partial charge >= 0.3 is 6.03 Å². The van der Waals surface area contributed by atoms with E-state index in [1.54, 1.807) is 23.2 Å². The highest BCUT2D eigenvalue weighted by Crippen LogP contribution is 2.27. The summed E-state index contributed by atoms with van der Waals surface area (Å²) in [6.45, 7) is 2.17. The lowest BCUT2D eigenvalue weighted by atomic mass is 10.0. The van der Waals surface area contributed by atoms with Crippen molar-refractivity contribution >= 4 is 34.1 Å². The predicted octanol–water partition coefficient (Wildman–Crippen LogP) is 5.22. The molecule has 1 heterocycles. The molecule has 8 heteroatoms. The van der Waals surface area contributed by atoms with E-state index in [9.17, 15) is 14.0 Å². The molecule has 0 bridgehead atoms. The van der Waals surface area contributed by atoms with Crippen LogP contribution in [0.5, 0.6) is 0 Å². The highest BCUT2D eigenvalue weighted by atomic mass is 35.5. The highest BCUT2D eigenvalue weighted by Gasteiger charge is 2.23. The molecular formula is C22H20ClFN4O2. The smallest absolute Gasteiger partial charge is 0.322 e. The van der Waals surface area contributed by atoms with Gasteiger partial charge in [-0.3, -0.25) is 4.79 Å². The second-order valence-corrected chi connectivity index (χ2v) is 7.22. The van der Waals surface area contributed by atoms with Crippen molar-refractivity contribution in [3.8, 4) is 6.07 Å². The number of nitrogens with zero attached hydrogens (tertiary/aromatic N) is 2. The van der Waals surface area contributed by atoms with Crippen LogP contribution in [0.3, 0.4) is 0 Å². The molecule has 2 amide bonds. The molecule has 0 fully saturated rings. The van der Waals surface area contributed by atoms with E-state index in [0.717, 1.165) is 10.9 Å². The first-order chi connectivity index (χ1) is 14.4. The van der Waals surface area contributed by atoms with Gasteiger partial charge in [0.1, 0.15) is 5.82 Å². The van der Waals surface area contributed by atoms with Crippen molar-refractivity contribution < 1.29 is 9.18 Å². The number of aromatic nitrogens is 1. The third-order valence-corrected chi connectivity index (χ3v) is 5.17. The normalized spacial score (nSPS) is 11.7. The summed E-state index contributed by atoms with van der Waals surface area (Å²) < 4.78 is 13.4. The molecule has 1 atom stereocenters. The van der Waals surface area contributed by atoms with Crippen molar-refractivity contribution in [1.29, 1.82) is 5.26 Å². The lowest BCUT2D eigenvalue weighted by Gasteiger charge is -2.30. The summed E-state index contributed by atoms with van der Waals surface area (Å²) in [6, 6.07) is 12.4. The molecule has 0 saturated carbocycles. The zero-order valence-electron chi connectivity index (χ0n) is 16.3. The number of nitrogens with one attached hydrogen (secondary N) is 2. The number of halogens is 2. The predicted molar refractivity (Wildman–Crippen MR) is 115 cm³/mol. The van der Waals surface area contributed by atoms with Crippen LogP contribution in [0.2, 0.25) is 5.02 Å². The first-order valence-corrected chi connectivity index (χ1v) is 9.80. The third kappa shape index (κ3) is 4.61. The van der Waals surface area contributed by atoms with Crippen LogP contribution >= 0.6 is 11.6 Å². The number of fused-ring (bicyclic) bond motifs is 1. The quantitative estimate of drug-likeness (QED) is 0.529. The molecule has 0 aliphatic heterocycles. The van der Waals surface area contributed by atoms with E-state index in [1.165, 1.54) is 18.2 Å². The number of benzene rings is 2. The Hall–Kier alpha value is -3.37. The minimum atomic E-state index is -0.575. The van der Waals surface area contributed by atoms with Crippen LogP contribution in [0.1, 0.15) is 31.4 Å². The van der Waals surface area contributed by atoms with E-state index < -0.39 is 17.9 Å². The maximum atomic E-state index is 13.4. The fourth-order valence-corrected chi connectivity index (χ4v) is 3.49. The van der Waals surface area contributed by atoms with Gasteiger partial charge in [-0.2, -0.15) is 5.26 Å². The number of rotatable bonds is 6. The van der Waals surface area contributed by atoms with Gasteiger partial charge < -0.3 is 15.2 Å². The van der Waals surface area contributed by atoms with E-state index in [0.29, 0.717) is 30.5 Å². The van der Waals surface area contributed by atoms with Gasteiger partial charge in [0, 0.05) is 30.2 Å². The van der Waals surface area contributed by atoms with Gasteiger partial charge in [0.05, 0.1) is 17.1 Å². The summed E-state index contributed by atoms with van der Waals surface area (Å²) in [5.41, 5.74) is 0.924. The summed E-state index contributed by atoms with van der Waals surface area (Å²) in [7, 11) is 0. The second kappa shape index (κ2) is 9.42. The van der Waals surface area contributed by atoms with Gasteiger partial charge in [0.2, 0.25) is 0 Å². The number of amides is 2. The molecule has 30 heavy (non-hydrogen) atoms. The van der Waals surface area contributed by atoms with E-state index in [-0.39, 0.29) is 10.6 Å². The van der Waals surface area contributed by atoms with Crippen LogP contribution in [-0.2, 0) is 0 Å². The molecule has 3 aromatic rings. The van der Waals surface area contributed by atoms with Gasteiger partial charge in [-0.05, 0) is 48.6 Å². The second-order valence-electron chi connectivity index (χ2n) is 6.81. The van der Waals surface area contributed by atoms with Crippen molar-refractivity contribution in [3.05, 3.63) is 75.4 Å². The van der Waals surface area contributed by atoms with Crippen molar-refractivity contribution in [1.82, 2.24) is 9.88 Å². The lowest BCUT2D eigenvalue weighted by molar-refractivity contribution is 0.192. The molecular weight excluding hydrogens is 407 g/mol. The fraction of sp³-hybridized carbons (Fsp3) is 0.227. The number of anilines is 1. The first-order valence-electron chi connectivity index (χ1n) is 9.42. The fourth-order valence-electron chi connectivity index (χ4n) is 3.31. The minimum Gasteiger partial charge on any atom is -0.328 e. The summed E-state index contributed by atoms with van der Waals surface area (Å²) in [5.74, 6) is -0.575. The van der Waals surface area contributed by atoms with Gasteiger partial charge in [0.15, 0.2) is 0 Å². The number of carbonyl (C=O) groups is 1.